The maximum Gasteiger partial charge on any atom is 0.217 e. The summed E-state index contributed by atoms with van der Waals surface area (Å²) in [6.45, 7) is 1.84. The van der Waals surface area contributed by atoms with Gasteiger partial charge in [-0.2, -0.15) is 9.61 Å². The molecule has 0 aliphatic carbocycles. The van der Waals surface area contributed by atoms with Crippen molar-refractivity contribution in [1.29, 1.82) is 0 Å². The lowest BCUT2D eigenvalue weighted by atomic mass is 10.4. The van der Waals surface area contributed by atoms with Crippen LogP contribution in [0.2, 0.25) is 0 Å². The maximum atomic E-state index is 5.76. The van der Waals surface area contributed by atoms with Crippen LogP contribution in [0.5, 0.6) is 5.88 Å². The molecule has 0 saturated carbocycles. The average molecular weight is 178 g/mol. The van der Waals surface area contributed by atoms with Crippen molar-refractivity contribution in [3.05, 3.63) is 18.0 Å². The standard InChI is InChI=1S/C8H10N4O/c1-5-7(9)8-10-4-3-6(13-2)12(8)11-5/h3-4H,9H2,1-2H3. The minimum absolute atomic E-state index is 0.596. The molecule has 5 nitrogen and oxygen atoms in total. The fourth-order valence-electron chi connectivity index (χ4n) is 1.20. The van der Waals surface area contributed by atoms with Gasteiger partial charge in [0.2, 0.25) is 5.88 Å². The van der Waals surface area contributed by atoms with E-state index in [9.17, 15) is 0 Å². The van der Waals surface area contributed by atoms with Crippen molar-refractivity contribution in [1.82, 2.24) is 14.6 Å². The summed E-state index contributed by atoms with van der Waals surface area (Å²) in [5.41, 5.74) is 7.75. The molecule has 0 atom stereocenters. The number of nitrogens with two attached hydrogens (primary N) is 1. The number of nitrogen functional groups attached to an aromatic ring is 1. The van der Waals surface area contributed by atoms with E-state index in [1.54, 1.807) is 23.9 Å². The highest BCUT2D eigenvalue weighted by Crippen LogP contribution is 2.19. The van der Waals surface area contributed by atoms with Gasteiger partial charge in [0.25, 0.3) is 0 Å². The molecule has 2 N–H and O–H groups in total. The Morgan fingerprint density at radius 3 is 3.00 bits per heavy atom. The van der Waals surface area contributed by atoms with Crippen LogP contribution in [-0.4, -0.2) is 21.7 Å². The Morgan fingerprint density at radius 2 is 2.31 bits per heavy atom. The minimum atomic E-state index is 0.596. The van der Waals surface area contributed by atoms with E-state index in [1.165, 1.54) is 0 Å². The molecule has 0 bridgehead atoms. The van der Waals surface area contributed by atoms with E-state index < -0.39 is 0 Å². The first-order valence-corrected chi connectivity index (χ1v) is 3.88. The third kappa shape index (κ3) is 1.00. The highest BCUT2D eigenvalue weighted by molar-refractivity contribution is 5.67. The fourth-order valence-corrected chi connectivity index (χ4v) is 1.20. The van der Waals surface area contributed by atoms with E-state index in [4.69, 9.17) is 10.5 Å². The molecular weight excluding hydrogens is 168 g/mol. The van der Waals surface area contributed by atoms with Gasteiger partial charge in [-0.25, -0.2) is 4.98 Å². The number of rotatable bonds is 1. The van der Waals surface area contributed by atoms with Gasteiger partial charge in [0.05, 0.1) is 12.8 Å². The third-order valence-electron chi connectivity index (χ3n) is 1.91. The summed E-state index contributed by atoms with van der Waals surface area (Å²) < 4.78 is 6.69. The van der Waals surface area contributed by atoms with E-state index >= 15 is 0 Å². The van der Waals surface area contributed by atoms with Gasteiger partial charge < -0.3 is 10.5 Å². The molecule has 0 spiro atoms. The molecule has 68 valence electrons. The molecular formula is C8H10N4O. The number of fused-ring (bicyclic) bond motifs is 1. The van der Waals surface area contributed by atoms with Crippen molar-refractivity contribution in [2.75, 3.05) is 12.8 Å². The average Bonchev–Trinajstić information content (AvgIpc) is 2.43. The Labute approximate surface area is 75.1 Å². The third-order valence-corrected chi connectivity index (χ3v) is 1.91. The summed E-state index contributed by atoms with van der Waals surface area (Å²) in [6, 6.07) is 1.74. The first-order valence-electron chi connectivity index (χ1n) is 3.88. The van der Waals surface area contributed by atoms with Gasteiger partial charge in [-0.05, 0) is 6.92 Å². The van der Waals surface area contributed by atoms with Gasteiger partial charge >= 0.3 is 0 Å². The lowest BCUT2D eigenvalue weighted by molar-refractivity contribution is 0.384. The fraction of sp³-hybridized carbons (Fsp3) is 0.250. The molecule has 0 fully saturated rings. The van der Waals surface area contributed by atoms with Crippen molar-refractivity contribution >= 4 is 11.3 Å². The van der Waals surface area contributed by atoms with Crippen LogP contribution >= 0.6 is 0 Å². The van der Waals surface area contributed by atoms with Crippen LogP contribution in [0.3, 0.4) is 0 Å². The zero-order valence-electron chi connectivity index (χ0n) is 7.48. The minimum Gasteiger partial charge on any atom is -0.481 e. The Balaban J connectivity index is 2.84. The second-order valence-corrected chi connectivity index (χ2v) is 2.72. The molecule has 0 aliphatic rings. The molecule has 0 radical (unpaired) electrons. The molecule has 5 heteroatoms. The number of nitrogens with zero attached hydrogens (tertiary/aromatic N) is 3. The summed E-state index contributed by atoms with van der Waals surface area (Å²) in [5, 5.41) is 4.19. The lowest BCUT2D eigenvalue weighted by Crippen LogP contribution is -1.97. The SMILES string of the molecule is COc1ccnc2c(N)c(C)nn12. The van der Waals surface area contributed by atoms with Gasteiger partial charge in [-0.1, -0.05) is 0 Å². The summed E-state index contributed by atoms with van der Waals surface area (Å²) in [4.78, 5) is 4.11. The molecule has 0 saturated heterocycles. The summed E-state index contributed by atoms with van der Waals surface area (Å²) >= 11 is 0. The van der Waals surface area contributed by atoms with Crippen LogP contribution in [0.15, 0.2) is 12.3 Å². The van der Waals surface area contributed by atoms with Gasteiger partial charge in [0, 0.05) is 12.3 Å². The Bertz CT molecular complexity index is 449. The lowest BCUT2D eigenvalue weighted by Gasteiger charge is -2.00. The number of methoxy groups -OCH3 is 1. The zero-order valence-corrected chi connectivity index (χ0v) is 7.48. The molecule has 2 heterocycles. The maximum absolute atomic E-state index is 5.76. The molecule has 0 amide bonds. The van der Waals surface area contributed by atoms with E-state index in [-0.39, 0.29) is 0 Å². The van der Waals surface area contributed by atoms with Crippen molar-refractivity contribution in [3.8, 4) is 5.88 Å². The number of anilines is 1. The van der Waals surface area contributed by atoms with E-state index in [0.717, 1.165) is 5.69 Å². The van der Waals surface area contributed by atoms with E-state index in [1.807, 2.05) is 6.92 Å². The van der Waals surface area contributed by atoms with Crippen LogP contribution < -0.4 is 10.5 Å². The normalized spacial score (nSPS) is 10.6. The molecule has 0 unspecified atom stereocenters. The molecule has 2 aromatic rings. The van der Waals surface area contributed by atoms with Crippen LogP contribution in [0, 0.1) is 6.92 Å². The van der Waals surface area contributed by atoms with Crippen molar-refractivity contribution in [3.63, 3.8) is 0 Å². The molecule has 2 aromatic heterocycles. The summed E-state index contributed by atoms with van der Waals surface area (Å²) in [7, 11) is 1.59. The van der Waals surface area contributed by atoms with E-state index in [2.05, 4.69) is 10.1 Å². The molecule has 0 aromatic carbocycles. The zero-order chi connectivity index (χ0) is 9.42. The highest BCUT2D eigenvalue weighted by atomic mass is 16.5. The molecule has 2 rings (SSSR count). The predicted octanol–water partition coefficient (Wildman–Crippen LogP) is 0.629. The van der Waals surface area contributed by atoms with E-state index in [0.29, 0.717) is 17.2 Å². The quantitative estimate of drug-likeness (QED) is 0.695. The largest absolute Gasteiger partial charge is 0.481 e. The van der Waals surface area contributed by atoms with Crippen molar-refractivity contribution in [2.45, 2.75) is 6.92 Å². The number of aryl methyl sites for hydroxylation is 1. The van der Waals surface area contributed by atoms with Crippen molar-refractivity contribution in [2.24, 2.45) is 0 Å². The monoisotopic (exact) mass is 178 g/mol. The van der Waals surface area contributed by atoms with Crippen LogP contribution in [0.1, 0.15) is 5.69 Å². The Kier molecular flexibility index (Phi) is 1.58. The smallest absolute Gasteiger partial charge is 0.217 e. The molecule has 13 heavy (non-hydrogen) atoms. The van der Waals surface area contributed by atoms with Crippen LogP contribution in [-0.2, 0) is 0 Å². The van der Waals surface area contributed by atoms with Crippen LogP contribution in [0.25, 0.3) is 5.65 Å². The first kappa shape index (κ1) is 7.85. The first-order chi connectivity index (χ1) is 6.24. The predicted molar refractivity (Wildman–Crippen MR) is 48.7 cm³/mol. The van der Waals surface area contributed by atoms with Crippen LogP contribution in [0.4, 0.5) is 5.69 Å². The number of aromatic nitrogens is 3. The Hall–Kier alpha value is -1.78. The topological polar surface area (TPSA) is 65.4 Å². The highest BCUT2D eigenvalue weighted by Gasteiger charge is 2.09. The second kappa shape index (κ2) is 2.62. The number of hydrogen-bond donors (Lipinski definition) is 1. The van der Waals surface area contributed by atoms with Gasteiger partial charge in [-0.3, -0.25) is 0 Å². The van der Waals surface area contributed by atoms with Gasteiger partial charge in [0.1, 0.15) is 5.69 Å². The number of ether oxygens (including phenoxy) is 1. The van der Waals surface area contributed by atoms with Gasteiger partial charge in [-0.15, -0.1) is 0 Å². The summed E-state index contributed by atoms with van der Waals surface area (Å²) in [6.07, 6.45) is 1.64. The summed E-state index contributed by atoms with van der Waals surface area (Å²) in [5.74, 6) is 0.629. The second-order valence-electron chi connectivity index (χ2n) is 2.72. The Morgan fingerprint density at radius 1 is 1.54 bits per heavy atom. The number of hydrogen-bond acceptors (Lipinski definition) is 4. The van der Waals surface area contributed by atoms with Gasteiger partial charge in [0.15, 0.2) is 5.65 Å². The molecule has 0 aliphatic heterocycles. The van der Waals surface area contributed by atoms with Crippen molar-refractivity contribution < 1.29 is 4.74 Å².